The Morgan fingerprint density at radius 2 is 0.927 bits per heavy atom. The molecule has 13 atom stereocenters. The number of unbranched alkanes of at least 4 members (excludes halogenated alkanes) is 2. The zero-order chi connectivity index (χ0) is 81.9. The summed E-state index contributed by atoms with van der Waals surface area (Å²) in [6.07, 6.45) is 1.75. The van der Waals surface area contributed by atoms with Gasteiger partial charge in [-0.2, -0.15) is 12.6 Å². The summed E-state index contributed by atoms with van der Waals surface area (Å²) < 4.78 is 0. The fourth-order valence-electron chi connectivity index (χ4n) is 12.6. The molecule has 4 rings (SSSR count). The first kappa shape index (κ1) is 92.9. The summed E-state index contributed by atoms with van der Waals surface area (Å²) >= 11 is 4.20. The molecule has 2 aliphatic rings. The predicted octanol–water partition coefficient (Wildman–Crippen LogP) is -2.99. The first-order chi connectivity index (χ1) is 52.1. The van der Waals surface area contributed by atoms with Crippen LogP contribution in [0.5, 0.6) is 5.75 Å². The molecular formula is C74H117N17O18S. The third-order valence-electron chi connectivity index (χ3n) is 18.4. The number of likely N-dealkylation sites (tertiary alicyclic amines) is 2. The molecule has 2 fully saturated rings. The molecule has 0 saturated carbocycles. The topological polar surface area (TPSA) is 546 Å². The number of hydrogen-bond donors (Lipinski definition) is 19. The molecular weight excluding hydrogens is 1450 g/mol. The largest absolute Gasteiger partial charge is 0.508 e. The predicted molar refractivity (Wildman–Crippen MR) is 409 cm³/mol. The molecule has 612 valence electrons. The lowest BCUT2D eigenvalue weighted by molar-refractivity contribution is -0.146. The molecule has 0 aromatic heterocycles. The van der Waals surface area contributed by atoms with Gasteiger partial charge in [-0.15, -0.1) is 0 Å². The Kier molecular flexibility index (Phi) is 40.1. The number of thiol groups is 1. The molecule has 21 N–H and O–H groups in total. The van der Waals surface area contributed by atoms with Gasteiger partial charge in [0.05, 0.1) is 31.8 Å². The van der Waals surface area contributed by atoms with Crippen LogP contribution in [-0.2, 0) is 84.8 Å². The lowest BCUT2D eigenvalue weighted by Crippen LogP contribution is -2.61. The first-order valence-electron chi connectivity index (χ1n) is 37.7. The van der Waals surface area contributed by atoms with Crippen LogP contribution in [0.3, 0.4) is 0 Å². The van der Waals surface area contributed by atoms with Crippen molar-refractivity contribution in [1.82, 2.24) is 73.6 Å². The van der Waals surface area contributed by atoms with Crippen LogP contribution in [0, 0.1) is 17.8 Å². The maximum Gasteiger partial charge on any atom is 0.326 e. The van der Waals surface area contributed by atoms with Crippen molar-refractivity contribution in [3.63, 3.8) is 0 Å². The third kappa shape index (κ3) is 31.8. The van der Waals surface area contributed by atoms with Crippen molar-refractivity contribution in [2.24, 2.45) is 35.0 Å². The second-order valence-corrected chi connectivity index (χ2v) is 29.6. The Balaban J connectivity index is 1.34. The summed E-state index contributed by atoms with van der Waals surface area (Å²) in [7, 11) is 0. The minimum Gasteiger partial charge on any atom is -0.508 e. The van der Waals surface area contributed by atoms with E-state index in [1.807, 2.05) is 13.8 Å². The molecule has 0 aliphatic carbocycles. The van der Waals surface area contributed by atoms with Gasteiger partial charge in [0.2, 0.25) is 82.7 Å². The Bertz CT molecular complexity index is 3430. The number of carbonyl (C=O) groups excluding carboxylic acids is 14. The fraction of sp³-hybridized carbons (Fsp3) is 0.635. The normalized spacial score (nSPS) is 17.1. The smallest absolute Gasteiger partial charge is 0.326 e. The fourth-order valence-corrected chi connectivity index (χ4v) is 12.8. The Labute approximate surface area is 647 Å². The molecule has 36 heteroatoms. The number of aromatic hydroxyl groups is 1. The average molecular weight is 1560 g/mol. The monoisotopic (exact) mass is 1560 g/mol. The number of aliphatic hydroxyl groups is 1. The number of aliphatic carboxylic acids is 1. The third-order valence-corrected chi connectivity index (χ3v) is 18.8. The number of carboxylic acid groups (broad SMARTS) is 1. The second kappa shape index (κ2) is 47.5. The number of carbonyl (C=O) groups is 15. The molecule has 0 unspecified atom stereocenters. The lowest BCUT2D eigenvalue weighted by Gasteiger charge is -2.31. The molecule has 2 aromatic rings. The molecule has 110 heavy (non-hydrogen) atoms. The van der Waals surface area contributed by atoms with Gasteiger partial charge >= 0.3 is 5.97 Å². The summed E-state index contributed by atoms with van der Waals surface area (Å²) in [5.41, 5.74) is 18.7. The van der Waals surface area contributed by atoms with Crippen molar-refractivity contribution in [2.45, 2.75) is 230 Å². The molecule has 35 nitrogen and oxygen atoms in total. The summed E-state index contributed by atoms with van der Waals surface area (Å²) in [5.74, 6) is -12.8. The quantitative estimate of drug-likeness (QED) is 0.0232. The van der Waals surface area contributed by atoms with E-state index in [0.717, 1.165) is 0 Å². The SMILES string of the molecule is CC(C)C[C@H](NC(=O)[C@H](CC(C)C)NC(=O)[C@@H](NC(=O)[C@H](CCCCN)NC(=O)CNC(=O)[C@H](CS)NC(=O)CNC(=O)[C@@H]1CCCN1C(=O)[C@@H]1CCCN1C(=O)CNC(=O)[C@H](Cc1ccc(O)cc1)NC(=O)[C@H](Cc1ccccc1)NC(=O)[C@@H](N)CC(C)C)[C@@H](C)O)C(=O)N[C@@H](C)C(=O)N[C@@H](CCCCN)C(=O)O. The number of rotatable bonds is 47. The Morgan fingerprint density at radius 1 is 0.473 bits per heavy atom. The van der Waals surface area contributed by atoms with E-state index in [9.17, 15) is 87.2 Å². The van der Waals surface area contributed by atoms with Gasteiger partial charge in [0, 0.05) is 31.7 Å². The molecule has 2 aromatic carbocycles. The highest BCUT2D eigenvalue weighted by molar-refractivity contribution is 7.80. The van der Waals surface area contributed by atoms with Crippen molar-refractivity contribution in [2.75, 3.05) is 51.6 Å². The lowest BCUT2D eigenvalue weighted by atomic mass is 9.99. The Hall–Kier alpha value is -9.52. The number of phenolic OH excluding ortho intramolecular Hbond substituents is 1. The summed E-state index contributed by atoms with van der Waals surface area (Å²) in [4.78, 5) is 207. The van der Waals surface area contributed by atoms with E-state index in [-0.39, 0.29) is 107 Å². The zero-order valence-corrected chi connectivity index (χ0v) is 65.1. The van der Waals surface area contributed by atoms with Crippen LogP contribution in [-0.4, -0.2) is 244 Å². The minimum absolute atomic E-state index is 0.0102. The molecule has 2 aliphatic heterocycles. The van der Waals surface area contributed by atoms with Crippen molar-refractivity contribution in [1.29, 1.82) is 0 Å². The van der Waals surface area contributed by atoms with Gasteiger partial charge in [0.25, 0.3) is 0 Å². The molecule has 0 radical (unpaired) electrons. The average Bonchev–Trinajstić information content (AvgIpc) is 1.65. The van der Waals surface area contributed by atoms with E-state index in [4.69, 9.17) is 17.2 Å². The summed E-state index contributed by atoms with van der Waals surface area (Å²) in [6, 6.07) is -0.179. The maximum atomic E-state index is 14.3. The van der Waals surface area contributed by atoms with Crippen LogP contribution < -0.4 is 81.0 Å². The van der Waals surface area contributed by atoms with Gasteiger partial charge in [0.1, 0.15) is 72.2 Å². The van der Waals surface area contributed by atoms with Crippen molar-refractivity contribution < 1.29 is 87.2 Å². The van der Waals surface area contributed by atoms with Crippen LogP contribution >= 0.6 is 12.6 Å². The molecule has 2 saturated heterocycles. The number of nitrogens with one attached hydrogen (secondary N) is 12. The number of benzene rings is 2. The van der Waals surface area contributed by atoms with Gasteiger partial charge in [0.15, 0.2) is 0 Å². The van der Waals surface area contributed by atoms with E-state index >= 15 is 0 Å². The summed E-state index contributed by atoms with van der Waals surface area (Å²) in [6.45, 7) is 12.2. The van der Waals surface area contributed by atoms with Gasteiger partial charge < -0.3 is 106 Å². The van der Waals surface area contributed by atoms with Crippen LogP contribution in [0.2, 0.25) is 0 Å². The molecule has 14 amide bonds. The first-order valence-corrected chi connectivity index (χ1v) is 38.3. The highest BCUT2D eigenvalue weighted by atomic mass is 32.1. The second-order valence-electron chi connectivity index (χ2n) is 29.2. The van der Waals surface area contributed by atoms with Gasteiger partial charge in [-0.05, 0) is 151 Å². The van der Waals surface area contributed by atoms with E-state index in [1.165, 1.54) is 35.8 Å². The van der Waals surface area contributed by atoms with E-state index in [1.54, 1.807) is 70.2 Å². The van der Waals surface area contributed by atoms with Gasteiger partial charge in [-0.3, -0.25) is 67.1 Å². The van der Waals surface area contributed by atoms with Crippen molar-refractivity contribution >= 4 is 101 Å². The van der Waals surface area contributed by atoms with Gasteiger partial charge in [-0.25, -0.2) is 4.79 Å². The number of nitrogens with zero attached hydrogens (tertiary/aromatic N) is 2. The van der Waals surface area contributed by atoms with E-state index < -0.39 is 187 Å². The standard InChI is InChI=1S/C74H117N17O18S/c1-41(2)32-49(77)64(98)85-55(35-46-18-10-9-11-19-46)70(104)87-54(36-47-24-26-48(93)27-25-47)65(99)80-39-61(96)90-30-17-23-58(90)73(107)91-31-16-22-57(91)71(105)79-38-60(95)83-56(40-110)66(100)78-37-59(94)82-50(20-12-14-28-75)67(101)89-62(45(8)92)72(106)88-53(34-43(5)6)69(103)86-52(33-42(3)4)68(102)81-44(7)63(97)84-51(74(108)109)21-13-15-29-76/h9-11,18-19,24-27,41-45,49-58,62,92-93,110H,12-17,20-23,28-40,75-77H2,1-8H3,(H,78,100)(H,79,105)(H,80,99)(H,81,102)(H,82,94)(H,83,95)(H,84,97)(H,85,98)(H,86,103)(H,87,104)(H,88,106)(H,89,101)(H,108,109)/t44-,45+,49-,50-,51-,52-,53-,54-,55-,56-,57-,58-,62-/m0/s1. The van der Waals surface area contributed by atoms with Crippen LogP contribution in [0.15, 0.2) is 54.6 Å². The van der Waals surface area contributed by atoms with Crippen molar-refractivity contribution in [3.8, 4) is 5.75 Å². The van der Waals surface area contributed by atoms with Gasteiger partial charge in [-0.1, -0.05) is 84.0 Å². The minimum atomic E-state index is -1.72. The molecule has 2 heterocycles. The number of amides is 14. The number of carboxylic acids is 1. The molecule has 0 bridgehead atoms. The maximum absolute atomic E-state index is 14.3. The number of phenols is 1. The number of nitrogens with two attached hydrogens (primary N) is 3. The Morgan fingerprint density at radius 3 is 1.48 bits per heavy atom. The van der Waals surface area contributed by atoms with Crippen LogP contribution in [0.4, 0.5) is 0 Å². The van der Waals surface area contributed by atoms with Crippen LogP contribution in [0.25, 0.3) is 0 Å². The van der Waals surface area contributed by atoms with E-state index in [2.05, 4.69) is 76.4 Å². The highest BCUT2D eigenvalue weighted by Gasteiger charge is 2.43. The number of aliphatic hydroxyl groups excluding tert-OH is 1. The van der Waals surface area contributed by atoms with E-state index in [0.29, 0.717) is 56.2 Å². The zero-order valence-electron chi connectivity index (χ0n) is 64.2. The summed E-state index contributed by atoms with van der Waals surface area (Å²) in [5, 5.41) is 61.0. The van der Waals surface area contributed by atoms with Crippen molar-refractivity contribution in [3.05, 3.63) is 65.7 Å². The van der Waals surface area contributed by atoms with Crippen LogP contribution in [0.1, 0.15) is 150 Å². The number of hydrogen-bond acceptors (Lipinski definition) is 21. The highest BCUT2D eigenvalue weighted by Crippen LogP contribution is 2.26. The molecule has 0 spiro atoms.